The molecule has 1 aromatic heterocycles. The summed E-state index contributed by atoms with van der Waals surface area (Å²) < 4.78 is 13.9. The van der Waals surface area contributed by atoms with Gasteiger partial charge in [-0.15, -0.1) is 0 Å². The average molecular weight is 329 g/mol. The molecule has 2 aromatic rings. The first-order valence-electron chi connectivity index (χ1n) is 8.46. The molecule has 1 aliphatic rings. The molecular weight excluding hydrogens is 305 g/mol. The van der Waals surface area contributed by atoms with E-state index in [-0.39, 0.29) is 18.5 Å². The van der Waals surface area contributed by atoms with Crippen molar-refractivity contribution in [3.05, 3.63) is 65.7 Å². The zero-order valence-corrected chi connectivity index (χ0v) is 13.8. The number of rotatable bonds is 6. The van der Waals surface area contributed by atoms with Crippen LogP contribution in [-0.2, 0) is 13.1 Å². The molecular formula is C19H24FN3O. The fourth-order valence-electron chi connectivity index (χ4n) is 3.32. The number of aliphatic hydroxyl groups is 1. The van der Waals surface area contributed by atoms with Gasteiger partial charge >= 0.3 is 0 Å². The summed E-state index contributed by atoms with van der Waals surface area (Å²) in [6, 6.07) is 11.3. The number of aliphatic hydroxyl groups excluding tert-OH is 1. The van der Waals surface area contributed by atoms with Crippen LogP contribution in [0.1, 0.15) is 17.5 Å². The summed E-state index contributed by atoms with van der Waals surface area (Å²) in [7, 11) is 0. The van der Waals surface area contributed by atoms with Crippen molar-refractivity contribution in [2.75, 3.05) is 26.2 Å². The molecule has 0 radical (unpaired) electrons. The van der Waals surface area contributed by atoms with Crippen molar-refractivity contribution in [3.8, 4) is 0 Å². The summed E-state index contributed by atoms with van der Waals surface area (Å²) in [6.07, 6.45) is 4.34. The molecule has 0 aliphatic carbocycles. The van der Waals surface area contributed by atoms with E-state index in [1.165, 1.54) is 11.6 Å². The van der Waals surface area contributed by atoms with Gasteiger partial charge < -0.3 is 5.11 Å². The topological polar surface area (TPSA) is 39.6 Å². The minimum atomic E-state index is -0.153. The number of pyridine rings is 1. The summed E-state index contributed by atoms with van der Waals surface area (Å²) in [5, 5.41) is 9.41. The Bertz CT molecular complexity index is 638. The number of hydrogen-bond donors (Lipinski definition) is 1. The van der Waals surface area contributed by atoms with Gasteiger partial charge in [-0.3, -0.25) is 14.8 Å². The van der Waals surface area contributed by atoms with Gasteiger partial charge in [-0.1, -0.05) is 18.2 Å². The Morgan fingerprint density at radius 3 is 2.62 bits per heavy atom. The van der Waals surface area contributed by atoms with Crippen LogP contribution in [0.5, 0.6) is 0 Å². The maximum Gasteiger partial charge on any atom is 0.127 e. The standard InChI is InChI=1S/C19H24FN3O/c20-19-4-2-1-3-17(19)14-23-11-10-22(15-18(23)7-12-24)13-16-5-8-21-9-6-16/h1-6,8-9,18,24H,7,10-15H2. The quantitative estimate of drug-likeness (QED) is 0.883. The van der Waals surface area contributed by atoms with E-state index in [1.807, 2.05) is 36.7 Å². The van der Waals surface area contributed by atoms with Gasteiger partial charge in [-0.25, -0.2) is 4.39 Å². The molecule has 1 unspecified atom stereocenters. The number of halogens is 1. The average Bonchev–Trinajstić information content (AvgIpc) is 2.60. The van der Waals surface area contributed by atoms with E-state index in [4.69, 9.17) is 0 Å². The second-order valence-electron chi connectivity index (χ2n) is 6.32. The molecule has 24 heavy (non-hydrogen) atoms. The van der Waals surface area contributed by atoms with Gasteiger partial charge in [0.15, 0.2) is 0 Å². The van der Waals surface area contributed by atoms with Gasteiger partial charge in [0.2, 0.25) is 0 Å². The predicted molar refractivity (Wildman–Crippen MR) is 91.8 cm³/mol. The Morgan fingerprint density at radius 1 is 1.08 bits per heavy atom. The van der Waals surface area contributed by atoms with E-state index >= 15 is 0 Å². The molecule has 1 aliphatic heterocycles. The molecule has 2 heterocycles. The number of aromatic nitrogens is 1. The highest BCUT2D eigenvalue weighted by molar-refractivity contribution is 5.17. The van der Waals surface area contributed by atoms with Crippen LogP contribution in [0.25, 0.3) is 0 Å². The molecule has 1 atom stereocenters. The van der Waals surface area contributed by atoms with Crippen molar-refractivity contribution < 1.29 is 9.50 Å². The van der Waals surface area contributed by atoms with Crippen molar-refractivity contribution in [2.24, 2.45) is 0 Å². The Balaban J connectivity index is 1.64. The molecule has 0 amide bonds. The third-order valence-corrected chi connectivity index (χ3v) is 4.64. The van der Waals surface area contributed by atoms with Crippen LogP contribution in [0, 0.1) is 5.82 Å². The highest BCUT2D eigenvalue weighted by atomic mass is 19.1. The van der Waals surface area contributed by atoms with Gasteiger partial charge in [0.05, 0.1) is 0 Å². The van der Waals surface area contributed by atoms with Gasteiger partial charge in [0, 0.05) is 63.3 Å². The van der Waals surface area contributed by atoms with Crippen LogP contribution < -0.4 is 0 Å². The zero-order valence-electron chi connectivity index (χ0n) is 13.8. The minimum absolute atomic E-state index is 0.153. The van der Waals surface area contributed by atoms with E-state index in [0.717, 1.165) is 31.7 Å². The van der Waals surface area contributed by atoms with Crippen molar-refractivity contribution in [1.29, 1.82) is 0 Å². The van der Waals surface area contributed by atoms with Crippen LogP contribution in [0.3, 0.4) is 0 Å². The second kappa shape index (κ2) is 8.33. The van der Waals surface area contributed by atoms with E-state index in [2.05, 4.69) is 14.8 Å². The monoisotopic (exact) mass is 329 g/mol. The Morgan fingerprint density at radius 2 is 1.88 bits per heavy atom. The van der Waals surface area contributed by atoms with Crippen molar-refractivity contribution in [3.63, 3.8) is 0 Å². The summed E-state index contributed by atoms with van der Waals surface area (Å²) in [5.74, 6) is -0.153. The Labute approximate surface area is 142 Å². The van der Waals surface area contributed by atoms with Gasteiger partial charge in [-0.2, -0.15) is 0 Å². The van der Waals surface area contributed by atoms with Crippen molar-refractivity contribution in [2.45, 2.75) is 25.6 Å². The van der Waals surface area contributed by atoms with E-state index in [1.54, 1.807) is 6.07 Å². The van der Waals surface area contributed by atoms with Crippen LogP contribution in [0.2, 0.25) is 0 Å². The smallest absolute Gasteiger partial charge is 0.127 e. The molecule has 0 bridgehead atoms. The largest absolute Gasteiger partial charge is 0.396 e. The first kappa shape index (κ1) is 17.0. The third kappa shape index (κ3) is 4.38. The summed E-state index contributed by atoms with van der Waals surface area (Å²) in [6.45, 7) is 4.35. The third-order valence-electron chi connectivity index (χ3n) is 4.64. The molecule has 4 nitrogen and oxygen atoms in total. The lowest BCUT2D eigenvalue weighted by Gasteiger charge is -2.41. The molecule has 5 heteroatoms. The van der Waals surface area contributed by atoms with Crippen LogP contribution in [0.15, 0.2) is 48.8 Å². The highest BCUT2D eigenvalue weighted by Crippen LogP contribution is 2.19. The number of piperazine rings is 1. The lowest BCUT2D eigenvalue weighted by Crippen LogP contribution is -2.52. The van der Waals surface area contributed by atoms with E-state index in [0.29, 0.717) is 13.0 Å². The minimum Gasteiger partial charge on any atom is -0.396 e. The van der Waals surface area contributed by atoms with Crippen LogP contribution >= 0.6 is 0 Å². The number of benzene rings is 1. The first-order chi connectivity index (χ1) is 11.8. The predicted octanol–water partition coefficient (Wildman–Crippen LogP) is 2.29. The molecule has 3 rings (SSSR count). The number of nitrogens with zero attached hydrogens (tertiary/aromatic N) is 3. The lowest BCUT2D eigenvalue weighted by molar-refractivity contribution is 0.0493. The van der Waals surface area contributed by atoms with Crippen LogP contribution in [0.4, 0.5) is 4.39 Å². The maximum atomic E-state index is 13.9. The fourth-order valence-corrected chi connectivity index (χ4v) is 3.32. The SMILES string of the molecule is OCCC1CN(Cc2ccncc2)CCN1Cc1ccccc1F. The van der Waals surface area contributed by atoms with E-state index in [9.17, 15) is 9.50 Å². The summed E-state index contributed by atoms with van der Waals surface area (Å²) in [4.78, 5) is 8.74. The van der Waals surface area contributed by atoms with E-state index < -0.39 is 0 Å². The van der Waals surface area contributed by atoms with Crippen molar-refractivity contribution >= 4 is 0 Å². The molecule has 1 N–H and O–H groups in total. The molecule has 0 spiro atoms. The van der Waals surface area contributed by atoms with Crippen LogP contribution in [-0.4, -0.2) is 52.2 Å². The fraction of sp³-hybridized carbons (Fsp3) is 0.421. The Hall–Kier alpha value is -1.82. The molecule has 1 aromatic carbocycles. The Kier molecular flexibility index (Phi) is 5.91. The molecule has 0 saturated carbocycles. The van der Waals surface area contributed by atoms with Crippen molar-refractivity contribution in [1.82, 2.24) is 14.8 Å². The second-order valence-corrected chi connectivity index (χ2v) is 6.32. The summed E-state index contributed by atoms with van der Waals surface area (Å²) in [5.41, 5.74) is 1.97. The normalized spacial score (nSPS) is 19.5. The highest BCUT2D eigenvalue weighted by Gasteiger charge is 2.27. The molecule has 128 valence electrons. The molecule has 1 saturated heterocycles. The zero-order chi connectivity index (χ0) is 16.8. The van der Waals surface area contributed by atoms with Gasteiger partial charge in [-0.05, 0) is 30.2 Å². The lowest BCUT2D eigenvalue weighted by atomic mass is 10.1. The summed E-state index contributed by atoms with van der Waals surface area (Å²) >= 11 is 0. The first-order valence-corrected chi connectivity index (χ1v) is 8.46. The van der Waals surface area contributed by atoms with Gasteiger partial charge in [0.1, 0.15) is 5.82 Å². The number of hydrogen-bond acceptors (Lipinski definition) is 4. The maximum absolute atomic E-state index is 13.9. The molecule has 1 fully saturated rings. The van der Waals surface area contributed by atoms with Gasteiger partial charge in [0.25, 0.3) is 0 Å².